The maximum atomic E-state index is 7.50. The van der Waals surface area contributed by atoms with Crippen molar-refractivity contribution in [3.63, 3.8) is 0 Å². The van der Waals surface area contributed by atoms with E-state index in [4.69, 9.17) is 28.0 Å². The molecule has 0 N–H and O–H groups in total. The van der Waals surface area contributed by atoms with Crippen LogP contribution in [-0.4, -0.2) is 18.7 Å². The second-order valence-electron chi connectivity index (χ2n) is 5.07. The van der Waals surface area contributed by atoms with Gasteiger partial charge in [-0.3, -0.25) is 0 Å². The van der Waals surface area contributed by atoms with Gasteiger partial charge in [-0.05, 0) is 0 Å². The van der Waals surface area contributed by atoms with Gasteiger partial charge in [0, 0.05) is 0 Å². The molecule has 0 radical (unpaired) electrons. The molecule has 0 aliphatic carbocycles. The molecule has 2 aromatic carbocycles. The number of nitrogens with zero attached hydrogens (tertiary/aromatic N) is 1. The summed E-state index contributed by atoms with van der Waals surface area (Å²) in [7, 11) is 3.83. The van der Waals surface area contributed by atoms with E-state index in [1.54, 1.807) is 7.11 Å². The van der Waals surface area contributed by atoms with Crippen molar-refractivity contribution in [2.45, 2.75) is 6.04 Å². The van der Waals surface area contributed by atoms with Gasteiger partial charge in [-0.2, -0.15) is 0 Å². The zero-order valence-corrected chi connectivity index (χ0v) is 17.9. The molecule has 0 fully saturated rings. The molecule has 2 aromatic rings. The van der Waals surface area contributed by atoms with Gasteiger partial charge in [-0.15, -0.1) is 0 Å². The third-order valence-corrected chi connectivity index (χ3v) is 4.47. The second kappa shape index (κ2) is 21.7. The monoisotopic (exact) mass is 455 g/mol. The summed E-state index contributed by atoms with van der Waals surface area (Å²) in [6.45, 7) is 22.5. The first-order valence-corrected chi connectivity index (χ1v) is 8.55. The van der Waals surface area contributed by atoms with Crippen molar-refractivity contribution in [3.05, 3.63) is 105 Å². The molecule has 0 bridgehead atoms. The van der Waals surface area contributed by atoms with Crippen LogP contribution in [0.5, 0.6) is 0 Å². The van der Waals surface area contributed by atoms with Crippen LogP contribution < -0.4 is 4.90 Å². The molecule has 1 unspecified atom stereocenters. The molecule has 1 aliphatic heterocycles. The third-order valence-electron chi connectivity index (χ3n) is 3.85. The number of methoxy groups -OCH3 is 1. The molecule has 0 saturated carbocycles. The van der Waals surface area contributed by atoms with Crippen molar-refractivity contribution < 1.29 is 43.8 Å². The number of ether oxygens (including phenoxy) is 1. The van der Waals surface area contributed by atoms with Gasteiger partial charge in [0.25, 0.3) is 0 Å². The molecular formula is C23H17CrNO6. The van der Waals surface area contributed by atoms with Crippen LogP contribution in [0.3, 0.4) is 0 Å². The summed E-state index contributed by atoms with van der Waals surface area (Å²) in [6.07, 6.45) is 2.21. The average Bonchev–Trinajstić information content (AvgIpc) is 2.90. The fourth-order valence-electron chi connectivity index (χ4n) is 2.85. The first-order chi connectivity index (χ1) is 15.2. The molecule has 0 amide bonds. The number of rotatable bonds is 3. The van der Waals surface area contributed by atoms with Crippen molar-refractivity contribution in [1.82, 2.24) is 0 Å². The molecule has 8 heteroatoms. The van der Waals surface area contributed by atoms with Crippen molar-refractivity contribution >= 4 is 16.3 Å². The summed E-state index contributed by atoms with van der Waals surface area (Å²) < 4.78 is 43.8. The molecule has 0 spiro atoms. The van der Waals surface area contributed by atoms with Gasteiger partial charge < -0.3 is 0 Å². The van der Waals surface area contributed by atoms with Crippen molar-refractivity contribution in [3.8, 4) is 0 Å². The molecule has 1 heterocycles. The van der Waals surface area contributed by atoms with Gasteiger partial charge in [-0.1, -0.05) is 0 Å². The average molecular weight is 455 g/mol. The number of likely N-dealkylation sites (N-methyl/N-ethyl adjacent to an activating group) is 1. The predicted octanol–water partition coefficient (Wildman–Crippen LogP) is 3.40. The summed E-state index contributed by atoms with van der Waals surface area (Å²) in [6, 6.07) is 19.1. The molecule has 156 valence electrons. The van der Waals surface area contributed by atoms with E-state index in [0.717, 1.165) is 10.1 Å². The van der Waals surface area contributed by atoms with Crippen LogP contribution in [-0.2, 0) is 43.8 Å². The Balaban J connectivity index is -0.000000692. The quantitative estimate of drug-likeness (QED) is 0.522. The number of anilines is 1. The fourth-order valence-corrected chi connectivity index (χ4v) is 3.12. The maximum absolute atomic E-state index is 7.50. The van der Waals surface area contributed by atoms with E-state index < -0.39 is 0 Å². The molecular weight excluding hydrogens is 438 g/mol. The Morgan fingerprint density at radius 3 is 1.74 bits per heavy atom. The molecule has 1 aliphatic rings. The van der Waals surface area contributed by atoms with Crippen LogP contribution in [0.15, 0.2) is 60.2 Å². The summed E-state index contributed by atoms with van der Waals surface area (Å²) in [5.74, 6) is 0. The standard InChI is InChI=1S/C18H17NO.5CO.Cr/c1-19-17-11-7-6-10-15(17)12-16(13-20-2)18(19)14-8-4-3-5-9-14;5*1-2;/h3-12,18H,1-2H3;;;;;;. The summed E-state index contributed by atoms with van der Waals surface area (Å²) in [5, 5.41) is 0. The number of hydrogen-bond donors (Lipinski definition) is 0. The second-order valence-corrected chi connectivity index (χ2v) is 5.65. The Bertz CT molecular complexity index is 878. The summed E-state index contributed by atoms with van der Waals surface area (Å²) in [5.41, 5.74) is 4.86. The van der Waals surface area contributed by atoms with Gasteiger partial charge in [0.05, 0.1) is 0 Å². The van der Waals surface area contributed by atoms with E-state index in [2.05, 4.69) is 116 Å². The summed E-state index contributed by atoms with van der Waals surface area (Å²) >= 11 is 3.05. The van der Waals surface area contributed by atoms with E-state index in [-0.39, 0.29) is 6.04 Å². The molecule has 1 atom stereocenters. The third kappa shape index (κ3) is 9.59. The minimum atomic E-state index is 0.150. The van der Waals surface area contributed by atoms with Crippen LogP contribution in [0.1, 0.15) is 17.2 Å². The van der Waals surface area contributed by atoms with Gasteiger partial charge in [0.15, 0.2) is 0 Å². The molecule has 7 nitrogen and oxygen atoms in total. The Morgan fingerprint density at radius 1 is 0.806 bits per heavy atom. The summed E-state index contributed by atoms with van der Waals surface area (Å²) in [4.78, 5) is 2.30. The van der Waals surface area contributed by atoms with E-state index in [0.29, 0.717) is 0 Å². The topological polar surface area (TPSA) is 112 Å². The van der Waals surface area contributed by atoms with Crippen molar-refractivity contribution in [1.29, 1.82) is 0 Å². The zero-order valence-electron chi connectivity index (χ0n) is 16.7. The first kappa shape index (κ1) is 32.7. The van der Waals surface area contributed by atoms with Crippen LogP contribution in [0.2, 0.25) is 0 Å². The van der Waals surface area contributed by atoms with E-state index in [1.807, 2.05) is 6.07 Å². The Hall–Kier alpha value is -2.96. The van der Waals surface area contributed by atoms with Crippen LogP contribution >= 0.6 is 0 Å². The van der Waals surface area contributed by atoms with Crippen LogP contribution in [0, 0.1) is 33.3 Å². The fraction of sp³-hybridized carbons (Fsp3) is 0.130. The first-order valence-electron chi connectivity index (χ1n) is 7.91. The number of hydrogen-bond acceptors (Lipinski definition) is 2. The normalized spacial score (nSPS) is 11.9. The van der Waals surface area contributed by atoms with Gasteiger partial charge in [-0.25, -0.2) is 0 Å². The molecule has 31 heavy (non-hydrogen) atoms. The van der Waals surface area contributed by atoms with Gasteiger partial charge >= 0.3 is 190 Å². The van der Waals surface area contributed by atoms with E-state index >= 15 is 0 Å². The number of fused-ring (bicyclic) bond motifs is 1. The predicted molar refractivity (Wildman–Crippen MR) is 104 cm³/mol. The van der Waals surface area contributed by atoms with Crippen molar-refractivity contribution in [2.75, 3.05) is 19.1 Å². The van der Waals surface area contributed by atoms with Crippen molar-refractivity contribution in [2.24, 2.45) is 0 Å². The minimum absolute atomic E-state index is 0.150. The Kier molecular flexibility index (Phi) is 22.9. The molecule has 0 saturated heterocycles. The molecule has 3 rings (SSSR count). The SMILES string of the molecule is CO[C](=[Cr])C1=Cc2ccccc2N(C)C1c1ccccc1.[C-]#[O+].[C-]#[O+].[C-]#[O+].[C-]#[O+].[C-]#[O+]. The van der Waals surface area contributed by atoms with Gasteiger partial charge in [0.2, 0.25) is 0 Å². The zero-order chi connectivity index (χ0) is 24.8. The van der Waals surface area contributed by atoms with E-state index in [1.165, 1.54) is 16.8 Å². The molecule has 0 aromatic heterocycles. The number of benzene rings is 2. The van der Waals surface area contributed by atoms with Crippen LogP contribution in [0.4, 0.5) is 5.69 Å². The Labute approximate surface area is 189 Å². The Morgan fingerprint density at radius 2 is 1.26 bits per heavy atom. The van der Waals surface area contributed by atoms with Gasteiger partial charge in [0.1, 0.15) is 0 Å². The van der Waals surface area contributed by atoms with Crippen LogP contribution in [0.25, 0.3) is 6.08 Å². The van der Waals surface area contributed by atoms with E-state index in [9.17, 15) is 0 Å². The number of para-hydroxylation sites is 1.